The standard InChI is InChI=1S/C8H16N2O2S/c1-4-5-6-13-7(2)10-12-8(11)9-3/h4-6H2,1-3H3,(H,9,11). The minimum absolute atomic E-state index is 0.532. The van der Waals surface area contributed by atoms with Crippen LogP contribution in [0.2, 0.25) is 0 Å². The molecule has 1 N–H and O–H groups in total. The predicted molar refractivity (Wildman–Crippen MR) is 56.0 cm³/mol. The molecule has 76 valence electrons. The summed E-state index contributed by atoms with van der Waals surface area (Å²) in [6.45, 7) is 3.96. The number of thioether (sulfide) groups is 1. The lowest BCUT2D eigenvalue weighted by atomic mass is 10.4. The molecule has 0 aromatic carbocycles. The topological polar surface area (TPSA) is 50.7 Å². The summed E-state index contributed by atoms with van der Waals surface area (Å²) in [5.74, 6) is 1.02. The second-order valence-corrected chi connectivity index (χ2v) is 3.73. The van der Waals surface area contributed by atoms with E-state index in [9.17, 15) is 4.79 Å². The fourth-order valence-electron chi connectivity index (χ4n) is 0.542. The van der Waals surface area contributed by atoms with Crippen LogP contribution >= 0.6 is 11.8 Å². The molecule has 0 aromatic heterocycles. The summed E-state index contributed by atoms with van der Waals surface area (Å²) >= 11 is 1.60. The fourth-order valence-corrected chi connectivity index (χ4v) is 1.36. The quantitative estimate of drug-likeness (QED) is 0.251. The average Bonchev–Trinajstić information content (AvgIpc) is 2.14. The van der Waals surface area contributed by atoms with Crippen molar-refractivity contribution in [3.05, 3.63) is 0 Å². The van der Waals surface area contributed by atoms with E-state index in [0.717, 1.165) is 23.6 Å². The van der Waals surface area contributed by atoms with E-state index in [2.05, 4.69) is 22.2 Å². The van der Waals surface area contributed by atoms with Gasteiger partial charge in [0, 0.05) is 7.05 Å². The van der Waals surface area contributed by atoms with Crippen LogP contribution in [0, 0.1) is 0 Å². The zero-order chi connectivity index (χ0) is 10.1. The maximum Gasteiger partial charge on any atom is 0.433 e. The van der Waals surface area contributed by atoms with E-state index in [1.54, 1.807) is 11.8 Å². The molecule has 0 atom stereocenters. The molecule has 0 aromatic rings. The average molecular weight is 204 g/mol. The number of rotatable bonds is 4. The number of oxime groups is 1. The van der Waals surface area contributed by atoms with E-state index in [0.29, 0.717) is 0 Å². The van der Waals surface area contributed by atoms with Crippen molar-refractivity contribution < 1.29 is 9.63 Å². The molecular weight excluding hydrogens is 188 g/mol. The zero-order valence-electron chi connectivity index (χ0n) is 8.29. The molecule has 0 saturated carbocycles. The molecule has 0 fully saturated rings. The highest BCUT2D eigenvalue weighted by atomic mass is 32.2. The molecule has 0 heterocycles. The molecule has 0 aliphatic rings. The first-order valence-electron chi connectivity index (χ1n) is 4.26. The first-order valence-corrected chi connectivity index (χ1v) is 5.25. The van der Waals surface area contributed by atoms with Crippen molar-refractivity contribution in [1.29, 1.82) is 0 Å². The third-order valence-corrected chi connectivity index (χ3v) is 2.26. The number of nitrogens with one attached hydrogen (secondary N) is 1. The first kappa shape index (κ1) is 12.3. The van der Waals surface area contributed by atoms with Crippen molar-refractivity contribution in [3.63, 3.8) is 0 Å². The summed E-state index contributed by atoms with van der Waals surface area (Å²) in [6.07, 6.45) is 1.78. The van der Waals surface area contributed by atoms with Crippen molar-refractivity contribution in [1.82, 2.24) is 5.32 Å². The predicted octanol–water partition coefficient (Wildman–Crippen LogP) is 2.21. The number of carbonyl (C=O) groups excluding carboxylic acids is 1. The Balaban J connectivity index is 3.56. The molecule has 0 bridgehead atoms. The van der Waals surface area contributed by atoms with Crippen LogP contribution in [0.1, 0.15) is 26.7 Å². The van der Waals surface area contributed by atoms with E-state index in [-0.39, 0.29) is 0 Å². The Hall–Kier alpha value is -0.710. The van der Waals surface area contributed by atoms with Crippen LogP contribution in [0.3, 0.4) is 0 Å². The molecule has 13 heavy (non-hydrogen) atoms. The van der Waals surface area contributed by atoms with Gasteiger partial charge >= 0.3 is 6.09 Å². The first-order chi connectivity index (χ1) is 6.20. The molecule has 4 nitrogen and oxygen atoms in total. The van der Waals surface area contributed by atoms with Gasteiger partial charge in [-0.2, -0.15) is 0 Å². The Morgan fingerprint density at radius 1 is 1.62 bits per heavy atom. The Morgan fingerprint density at radius 3 is 2.85 bits per heavy atom. The largest absolute Gasteiger partial charge is 0.433 e. The third kappa shape index (κ3) is 7.64. The van der Waals surface area contributed by atoms with Gasteiger partial charge in [-0.3, -0.25) is 4.84 Å². The SMILES string of the molecule is CCCCSC(C)=NOC(=O)NC. The molecule has 0 unspecified atom stereocenters. The van der Waals surface area contributed by atoms with Gasteiger partial charge in [0.1, 0.15) is 5.04 Å². The summed E-state index contributed by atoms with van der Waals surface area (Å²) in [5, 5.41) is 6.72. The fraction of sp³-hybridized carbons (Fsp3) is 0.750. The summed E-state index contributed by atoms with van der Waals surface area (Å²) in [5.41, 5.74) is 0. The van der Waals surface area contributed by atoms with Crippen LogP contribution in [-0.2, 0) is 4.84 Å². The highest BCUT2D eigenvalue weighted by Crippen LogP contribution is 2.07. The van der Waals surface area contributed by atoms with E-state index in [4.69, 9.17) is 0 Å². The summed E-state index contributed by atoms with van der Waals surface area (Å²) in [7, 11) is 1.50. The maximum absolute atomic E-state index is 10.6. The number of hydrogen-bond acceptors (Lipinski definition) is 4. The van der Waals surface area contributed by atoms with Crippen LogP contribution in [-0.4, -0.2) is 23.9 Å². The Bertz CT molecular complexity index is 183. The lowest BCUT2D eigenvalue weighted by Crippen LogP contribution is -2.17. The normalized spacial score (nSPS) is 11.2. The van der Waals surface area contributed by atoms with Crippen molar-refractivity contribution in [2.45, 2.75) is 26.7 Å². The minimum atomic E-state index is -0.532. The summed E-state index contributed by atoms with van der Waals surface area (Å²) in [6, 6.07) is 0. The number of nitrogens with zero attached hydrogens (tertiary/aromatic N) is 1. The molecule has 0 aliphatic carbocycles. The van der Waals surface area contributed by atoms with Crippen LogP contribution in [0.4, 0.5) is 4.79 Å². The maximum atomic E-state index is 10.6. The lowest BCUT2D eigenvalue weighted by molar-refractivity contribution is 0.153. The molecule has 0 aliphatic heterocycles. The Kier molecular flexibility index (Phi) is 7.48. The summed E-state index contributed by atoms with van der Waals surface area (Å²) in [4.78, 5) is 15.1. The van der Waals surface area contributed by atoms with Gasteiger partial charge in [0.2, 0.25) is 0 Å². The second-order valence-electron chi connectivity index (χ2n) is 2.44. The smallest absolute Gasteiger partial charge is 0.323 e. The number of hydrogen-bond donors (Lipinski definition) is 1. The van der Waals surface area contributed by atoms with Gasteiger partial charge in [-0.25, -0.2) is 4.79 Å². The molecule has 0 rings (SSSR count). The van der Waals surface area contributed by atoms with Gasteiger partial charge in [0.25, 0.3) is 0 Å². The van der Waals surface area contributed by atoms with E-state index in [1.165, 1.54) is 7.05 Å². The van der Waals surface area contributed by atoms with Gasteiger partial charge in [0.05, 0.1) is 0 Å². The van der Waals surface area contributed by atoms with Crippen molar-refractivity contribution in [3.8, 4) is 0 Å². The summed E-state index contributed by atoms with van der Waals surface area (Å²) < 4.78 is 0. The molecular formula is C8H16N2O2S. The lowest BCUT2D eigenvalue weighted by Gasteiger charge is -1.99. The van der Waals surface area contributed by atoms with Gasteiger partial charge in [-0.05, 0) is 19.1 Å². The highest BCUT2D eigenvalue weighted by Gasteiger charge is 1.97. The molecule has 5 heteroatoms. The van der Waals surface area contributed by atoms with Crippen molar-refractivity contribution >= 4 is 22.9 Å². The van der Waals surface area contributed by atoms with Gasteiger partial charge in [-0.15, -0.1) is 11.8 Å². The van der Waals surface area contributed by atoms with Crippen molar-refractivity contribution in [2.24, 2.45) is 5.16 Å². The van der Waals surface area contributed by atoms with Gasteiger partial charge in [-0.1, -0.05) is 18.5 Å². The molecule has 0 spiro atoms. The van der Waals surface area contributed by atoms with Crippen LogP contribution < -0.4 is 5.32 Å². The minimum Gasteiger partial charge on any atom is -0.323 e. The zero-order valence-corrected chi connectivity index (χ0v) is 9.11. The second kappa shape index (κ2) is 7.91. The third-order valence-electron chi connectivity index (χ3n) is 1.27. The van der Waals surface area contributed by atoms with Crippen LogP contribution in [0.5, 0.6) is 0 Å². The highest BCUT2D eigenvalue weighted by molar-refractivity contribution is 8.13. The Morgan fingerprint density at radius 2 is 2.31 bits per heavy atom. The van der Waals surface area contributed by atoms with Crippen molar-refractivity contribution in [2.75, 3.05) is 12.8 Å². The van der Waals surface area contributed by atoms with E-state index >= 15 is 0 Å². The molecule has 0 radical (unpaired) electrons. The number of carbonyl (C=O) groups is 1. The van der Waals surface area contributed by atoms with Gasteiger partial charge in [0.15, 0.2) is 0 Å². The number of unbranched alkanes of at least 4 members (excludes halogenated alkanes) is 1. The monoisotopic (exact) mass is 204 g/mol. The van der Waals surface area contributed by atoms with E-state index in [1.807, 2.05) is 6.92 Å². The molecule has 1 amide bonds. The number of amides is 1. The molecule has 0 saturated heterocycles. The van der Waals surface area contributed by atoms with Gasteiger partial charge < -0.3 is 5.32 Å². The van der Waals surface area contributed by atoms with Crippen LogP contribution in [0.25, 0.3) is 0 Å². The van der Waals surface area contributed by atoms with E-state index < -0.39 is 6.09 Å². The Labute approximate surface area is 83.1 Å². The van der Waals surface area contributed by atoms with Crippen LogP contribution in [0.15, 0.2) is 5.16 Å².